The van der Waals surface area contributed by atoms with Crippen LogP contribution in [0.15, 0.2) is 60.7 Å². The Morgan fingerprint density at radius 1 is 1.09 bits per heavy atom. The van der Waals surface area contributed by atoms with Gasteiger partial charge < -0.3 is 15.2 Å². The van der Waals surface area contributed by atoms with Crippen molar-refractivity contribution in [2.45, 2.75) is 20.3 Å². The number of aryl methyl sites for hydroxylation is 1. The van der Waals surface area contributed by atoms with E-state index in [1.807, 2.05) is 30.3 Å². The Kier molecular flexibility index (Phi) is 7.06. The van der Waals surface area contributed by atoms with Crippen molar-refractivity contribution in [1.29, 1.82) is 0 Å². The Balaban J connectivity index is 1.71. The molecule has 4 rings (SSSR count). The van der Waals surface area contributed by atoms with Crippen LogP contribution >= 0.6 is 11.3 Å². The summed E-state index contributed by atoms with van der Waals surface area (Å²) in [5, 5.41) is 14.1. The van der Waals surface area contributed by atoms with Crippen LogP contribution in [-0.2, 0) is 0 Å². The lowest BCUT2D eigenvalue weighted by Crippen LogP contribution is -2.16. The van der Waals surface area contributed by atoms with Crippen LogP contribution in [0, 0.1) is 12.7 Å². The summed E-state index contributed by atoms with van der Waals surface area (Å²) in [6.45, 7) is 6.34. The number of aromatic hydroxyl groups is 1. The average molecular weight is 464 g/mol. The predicted molar refractivity (Wildman–Crippen MR) is 132 cm³/mol. The molecule has 0 saturated heterocycles. The number of thiophene rings is 1. The Hall–Kier alpha value is -3.22. The molecule has 0 amide bonds. The number of carbonyl (C=O) groups is 1. The summed E-state index contributed by atoms with van der Waals surface area (Å²) < 4.78 is 20.5. The molecule has 1 heterocycles. The van der Waals surface area contributed by atoms with Crippen LogP contribution in [-0.4, -0.2) is 30.6 Å². The third-order valence-electron chi connectivity index (χ3n) is 5.48. The van der Waals surface area contributed by atoms with Gasteiger partial charge in [0.15, 0.2) is 0 Å². The van der Waals surface area contributed by atoms with E-state index >= 15 is 0 Å². The lowest BCUT2D eigenvalue weighted by molar-refractivity contribution is 0.104. The molecule has 0 spiro atoms. The molecule has 6 heteroatoms. The van der Waals surface area contributed by atoms with E-state index in [1.54, 1.807) is 25.1 Å². The number of nitrogens with one attached hydrogen (secondary N) is 1. The number of carbonyl (C=O) groups excluding carboxylic acids is 1. The van der Waals surface area contributed by atoms with E-state index in [0.717, 1.165) is 46.5 Å². The molecule has 4 aromatic rings. The highest BCUT2D eigenvalue weighted by atomic mass is 32.1. The summed E-state index contributed by atoms with van der Waals surface area (Å²) in [7, 11) is 0. The fraction of sp³-hybridized carbons (Fsp3) is 0.222. The molecule has 0 saturated carbocycles. The molecule has 0 aliphatic heterocycles. The summed E-state index contributed by atoms with van der Waals surface area (Å²) in [5.41, 5.74) is 2.70. The van der Waals surface area contributed by atoms with Crippen molar-refractivity contribution in [3.63, 3.8) is 0 Å². The van der Waals surface area contributed by atoms with Gasteiger partial charge in [-0.15, -0.1) is 11.3 Å². The summed E-state index contributed by atoms with van der Waals surface area (Å²) in [6.07, 6.45) is 0.917. The van der Waals surface area contributed by atoms with Gasteiger partial charge in [0.1, 0.15) is 17.3 Å². The van der Waals surface area contributed by atoms with Gasteiger partial charge in [0, 0.05) is 21.2 Å². The van der Waals surface area contributed by atoms with Crippen LogP contribution < -0.4 is 10.1 Å². The maximum atomic E-state index is 13.9. The maximum Gasteiger partial charge on any atom is 0.203 e. The first kappa shape index (κ1) is 23.0. The molecule has 33 heavy (non-hydrogen) atoms. The minimum atomic E-state index is -0.445. The number of ether oxygens (including phenoxy) is 1. The highest BCUT2D eigenvalue weighted by molar-refractivity contribution is 7.21. The molecule has 4 nitrogen and oxygen atoms in total. The van der Waals surface area contributed by atoms with E-state index < -0.39 is 5.82 Å². The lowest BCUT2D eigenvalue weighted by Gasteiger charge is -2.10. The van der Waals surface area contributed by atoms with Gasteiger partial charge in [-0.3, -0.25) is 4.79 Å². The first-order valence-electron chi connectivity index (χ1n) is 11.0. The topological polar surface area (TPSA) is 58.6 Å². The quantitative estimate of drug-likeness (QED) is 0.225. The number of rotatable bonds is 9. The second-order valence-electron chi connectivity index (χ2n) is 7.85. The fourth-order valence-electron chi connectivity index (χ4n) is 3.77. The van der Waals surface area contributed by atoms with Crippen molar-refractivity contribution < 1.29 is 19.0 Å². The van der Waals surface area contributed by atoms with Crippen molar-refractivity contribution in [2.24, 2.45) is 0 Å². The molecular weight excluding hydrogens is 437 g/mol. The smallest absolute Gasteiger partial charge is 0.203 e. The van der Waals surface area contributed by atoms with Gasteiger partial charge in [-0.25, -0.2) is 4.39 Å². The number of phenolic OH excluding ortho intramolecular Hbond substituents is 1. The van der Waals surface area contributed by atoms with Crippen LogP contribution in [0.4, 0.5) is 4.39 Å². The van der Waals surface area contributed by atoms with E-state index in [2.05, 4.69) is 12.2 Å². The van der Waals surface area contributed by atoms with Crippen molar-refractivity contribution >= 4 is 27.2 Å². The van der Waals surface area contributed by atoms with E-state index in [0.29, 0.717) is 22.6 Å². The highest BCUT2D eigenvalue weighted by Gasteiger charge is 2.23. The molecule has 0 aliphatic carbocycles. The largest absolute Gasteiger partial charge is 0.508 e. The molecule has 0 unspecified atom stereocenters. The first-order valence-corrected chi connectivity index (χ1v) is 11.8. The average Bonchev–Trinajstić information content (AvgIpc) is 3.19. The van der Waals surface area contributed by atoms with Gasteiger partial charge in [-0.2, -0.15) is 0 Å². The molecule has 3 aromatic carbocycles. The zero-order valence-corrected chi connectivity index (χ0v) is 19.5. The van der Waals surface area contributed by atoms with Gasteiger partial charge in [-0.1, -0.05) is 25.1 Å². The molecule has 0 fully saturated rings. The maximum absolute atomic E-state index is 13.9. The number of fused-ring (bicyclic) bond motifs is 1. The first-order chi connectivity index (χ1) is 16.0. The number of hydrogen-bond donors (Lipinski definition) is 2. The van der Waals surface area contributed by atoms with Crippen LogP contribution in [0.1, 0.15) is 34.1 Å². The van der Waals surface area contributed by atoms with Crippen LogP contribution in [0.2, 0.25) is 0 Å². The van der Waals surface area contributed by atoms with Gasteiger partial charge >= 0.3 is 0 Å². The molecule has 0 radical (unpaired) electrons. The van der Waals surface area contributed by atoms with Crippen LogP contribution in [0.25, 0.3) is 21.2 Å². The van der Waals surface area contributed by atoms with E-state index in [4.69, 9.17) is 4.74 Å². The van der Waals surface area contributed by atoms with Gasteiger partial charge in [0.25, 0.3) is 0 Å². The number of ketones is 1. The summed E-state index contributed by atoms with van der Waals surface area (Å²) in [4.78, 5) is 14.0. The highest BCUT2D eigenvalue weighted by Crippen LogP contribution is 2.42. The Bertz CT molecular complexity index is 1280. The van der Waals surface area contributed by atoms with Crippen LogP contribution in [0.5, 0.6) is 11.5 Å². The van der Waals surface area contributed by atoms with E-state index in [1.165, 1.54) is 23.5 Å². The normalized spacial score (nSPS) is 11.1. The summed E-state index contributed by atoms with van der Waals surface area (Å²) >= 11 is 1.31. The number of benzene rings is 3. The van der Waals surface area contributed by atoms with Crippen molar-refractivity contribution in [3.8, 4) is 22.6 Å². The number of hydrogen-bond acceptors (Lipinski definition) is 5. The molecular formula is C27H26FNO3S. The number of phenols is 1. The SMILES string of the molecule is CCNCCCOc1ccc(-c2c(C(=O)c3cc(F)ccc3C)sc3cc(O)ccc23)cc1. The molecule has 0 aliphatic rings. The second-order valence-corrected chi connectivity index (χ2v) is 8.91. The third kappa shape index (κ3) is 5.07. The summed E-state index contributed by atoms with van der Waals surface area (Å²) in [5.74, 6) is 0.227. The minimum Gasteiger partial charge on any atom is -0.508 e. The van der Waals surface area contributed by atoms with Gasteiger partial charge in [0.05, 0.1) is 11.5 Å². The van der Waals surface area contributed by atoms with Crippen molar-refractivity contribution in [2.75, 3.05) is 19.7 Å². The van der Waals surface area contributed by atoms with Crippen LogP contribution in [0.3, 0.4) is 0 Å². The van der Waals surface area contributed by atoms with Gasteiger partial charge in [-0.05, 0) is 80.0 Å². The summed E-state index contributed by atoms with van der Waals surface area (Å²) in [6, 6.07) is 17.0. The van der Waals surface area contributed by atoms with Crippen molar-refractivity contribution in [3.05, 3.63) is 82.5 Å². The van der Waals surface area contributed by atoms with E-state index in [9.17, 15) is 14.3 Å². The Labute approximate surface area is 196 Å². The zero-order valence-electron chi connectivity index (χ0n) is 18.7. The minimum absolute atomic E-state index is 0.137. The number of halogens is 1. The standard InChI is InChI=1S/C27H26FNO3S/c1-3-29-13-4-14-32-21-10-6-18(7-11-21)25-22-12-9-20(30)16-24(22)33-27(25)26(31)23-15-19(28)8-5-17(23)2/h5-12,15-16,29-30H,3-4,13-14H2,1-2H3. The fourth-order valence-corrected chi connectivity index (χ4v) is 4.99. The molecule has 2 N–H and O–H groups in total. The third-order valence-corrected chi connectivity index (χ3v) is 6.64. The molecule has 0 atom stereocenters. The lowest BCUT2D eigenvalue weighted by atomic mass is 9.96. The molecule has 0 bridgehead atoms. The van der Waals surface area contributed by atoms with Gasteiger partial charge in [0.2, 0.25) is 5.78 Å². The zero-order chi connectivity index (χ0) is 23.4. The second kappa shape index (κ2) is 10.1. The van der Waals surface area contributed by atoms with Crippen molar-refractivity contribution in [1.82, 2.24) is 5.32 Å². The Morgan fingerprint density at radius 2 is 1.88 bits per heavy atom. The molecule has 170 valence electrons. The predicted octanol–water partition coefficient (Wildman–Crippen LogP) is 6.33. The monoisotopic (exact) mass is 463 g/mol. The molecule has 1 aromatic heterocycles. The van der Waals surface area contributed by atoms with E-state index in [-0.39, 0.29) is 11.5 Å². The Morgan fingerprint density at radius 3 is 2.64 bits per heavy atom.